The second-order valence-electron chi connectivity index (χ2n) is 6.59. The first-order chi connectivity index (χ1) is 13.3. The Morgan fingerprint density at radius 2 is 2.00 bits per heavy atom. The Morgan fingerprint density at radius 3 is 2.78 bits per heavy atom. The molecular weight excluding hydrogens is 358 g/mol. The average molecular weight is 381 g/mol. The van der Waals surface area contributed by atoms with Crippen molar-refractivity contribution in [2.24, 2.45) is 0 Å². The Morgan fingerprint density at radius 1 is 1.07 bits per heavy atom. The van der Waals surface area contributed by atoms with Crippen molar-refractivity contribution in [1.82, 2.24) is 4.90 Å². The largest absolute Gasteiger partial charge is 0.497 e. The zero-order valence-electron chi connectivity index (χ0n) is 15.6. The first-order valence-corrected chi connectivity index (χ1v) is 9.92. The van der Waals surface area contributed by atoms with Crippen molar-refractivity contribution in [1.29, 1.82) is 0 Å². The van der Waals surface area contributed by atoms with Crippen LogP contribution in [0.1, 0.15) is 11.1 Å². The van der Waals surface area contributed by atoms with Crippen molar-refractivity contribution >= 4 is 11.3 Å². The molecule has 2 heterocycles. The lowest BCUT2D eigenvalue weighted by Crippen LogP contribution is -2.24. The van der Waals surface area contributed by atoms with Crippen LogP contribution in [0.15, 0.2) is 53.2 Å². The molecule has 4 rings (SSSR count). The van der Waals surface area contributed by atoms with Crippen molar-refractivity contribution < 1.29 is 14.2 Å². The van der Waals surface area contributed by atoms with Gasteiger partial charge < -0.3 is 14.2 Å². The van der Waals surface area contributed by atoms with E-state index in [9.17, 15) is 0 Å². The number of benzene rings is 2. The molecule has 0 unspecified atom stereocenters. The van der Waals surface area contributed by atoms with Gasteiger partial charge in [0.1, 0.15) is 12.4 Å². The SMILES string of the molecule is COc1cccc(-c2cc3c(c(OC)c2)OCCN(Cc2ccsc2)C3)c1. The predicted octanol–water partition coefficient (Wildman–Crippen LogP) is 4.83. The standard InChI is InChI=1S/C22H23NO3S/c1-24-20-5-3-4-17(11-20)18-10-19-14-23(13-16-6-9-27-15-16)7-8-26-22(19)21(12-18)25-2/h3-6,9-12,15H,7-8,13-14H2,1-2H3. The van der Waals surface area contributed by atoms with Crippen LogP contribution in [0.3, 0.4) is 0 Å². The molecule has 0 bridgehead atoms. The summed E-state index contributed by atoms with van der Waals surface area (Å²) in [5, 5.41) is 4.33. The highest BCUT2D eigenvalue weighted by molar-refractivity contribution is 7.07. The number of methoxy groups -OCH3 is 2. The molecule has 4 nitrogen and oxygen atoms in total. The van der Waals surface area contributed by atoms with Gasteiger partial charge in [-0.05, 0) is 57.8 Å². The van der Waals surface area contributed by atoms with Gasteiger partial charge in [-0.25, -0.2) is 0 Å². The fourth-order valence-electron chi connectivity index (χ4n) is 3.43. The first kappa shape index (κ1) is 17.9. The van der Waals surface area contributed by atoms with Crippen molar-refractivity contribution in [3.05, 3.63) is 64.4 Å². The number of ether oxygens (including phenoxy) is 3. The minimum atomic E-state index is 0.659. The van der Waals surface area contributed by atoms with Gasteiger partial charge in [-0.3, -0.25) is 4.90 Å². The van der Waals surface area contributed by atoms with Crippen LogP contribution in [0.2, 0.25) is 0 Å². The van der Waals surface area contributed by atoms with Gasteiger partial charge in [-0.15, -0.1) is 0 Å². The van der Waals surface area contributed by atoms with Crippen LogP contribution >= 0.6 is 11.3 Å². The minimum Gasteiger partial charge on any atom is -0.497 e. The molecule has 140 valence electrons. The van der Waals surface area contributed by atoms with E-state index in [2.05, 4.69) is 33.9 Å². The smallest absolute Gasteiger partial charge is 0.165 e. The summed E-state index contributed by atoms with van der Waals surface area (Å²) in [6.45, 7) is 3.31. The summed E-state index contributed by atoms with van der Waals surface area (Å²) >= 11 is 1.74. The molecule has 0 saturated carbocycles. The van der Waals surface area contributed by atoms with Crippen LogP contribution in [-0.2, 0) is 13.1 Å². The van der Waals surface area contributed by atoms with E-state index in [1.807, 2.05) is 24.3 Å². The molecular formula is C22H23NO3S. The Bertz CT molecular complexity index is 908. The summed E-state index contributed by atoms with van der Waals surface area (Å²) in [5.41, 5.74) is 4.70. The molecule has 0 spiro atoms. The van der Waals surface area contributed by atoms with Crippen LogP contribution in [0, 0.1) is 0 Å². The normalized spacial score (nSPS) is 14.1. The van der Waals surface area contributed by atoms with Crippen molar-refractivity contribution in [2.75, 3.05) is 27.4 Å². The van der Waals surface area contributed by atoms with Gasteiger partial charge >= 0.3 is 0 Å². The summed E-state index contributed by atoms with van der Waals surface area (Å²) in [4.78, 5) is 2.42. The van der Waals surface area contributed by atoms with Gasteiger partial charge in [0.05, 0.1) is 14.2 Å². The number of thiophene rings is 1. The highest BCUT2D eigenvalue weighted by Crippen LogP contribution is 2.39. The Labute approximate surface area is 163 Å². The second-order valence-corrected chi connectivity index (χ2v) is 7.37. The Hall–Kier alpha value is -2.50. The molecule has 0 aliphatic carbocycles. The molecule has 27 heavy (non-hydrogen) atoms. The van der Waals surface area contributed by atoms with Crippen LogP contribution in [-0.4, -0.2) is 32.3 Å². The molecule has 1 aliphatic heterocycles. The monoisotopic (exact) mass is 381 g/mol. The van der Waals surface area contributed by atoms with E-state index in [-0.39, 0.29) is 0 Å². The van der Waals surface area contributed by atoms with E-state index in [1.54, 1.807) is 25.6 Å². The molecule has 0 radical (unpaired) electrons. The Balaban J connectivity index is 1.69. The van der Waals surface area contributed by atoms with Crippen LogP contribution in [0.25, 0.3) is 11.1 Å². The lowest BCUT2D eigenvalue weighted by atomic mass is 10.0. The maximum atomic E-state index is 6.07. The number of hydrogen-bond donors (Lipinski definition) is 0. The predicted molar refractivity (Wildman–Crippen MR) is 109 cm³/mol. The molecule has 1 aromatic heterocycles. The molecule has 2 aromatic carbocycles. The lowest BCUT2D eigenvalue weighted by molar-refractivity contribution is 0.217. The lowest BCUT2D eigenvalue weighted by Gasteiger charge is -2.19. The number of rotatable bonds is 5. The van der Waals surface area contributed by atoms with Gasteiger partial charge in [0, 0.05) is 25.2 Å². The third-order valence-corrected chi connectivity index (χ3v) is 5.52. The summed E-state index contributed by atoms with van der Waals surface area (Å²) < 4.78 is 17.1. The summed E-state index contributed by atoms with van der Waals surface area (Å²) in [6, 6.07) is 14.5. The number of nitrogens with zero attached hydrogens (tertiary/aromatic N) is 1. The molecule has 5 heteroatoms. The van der Waals surface area contributed by atoms with Gasteiger partial charge in [-0.1, -0.05) is 12.1 Å². The third kappa shape index (κ3) is 3.94. The fourth-order valence-corrected chi connectivity index (χ4v) is 4.09. The van der Waals surface area contributed by atoms with E-state index in [0.29, 0.717) is 6.61 Å². The maximum absolute atomic E-state index is 6.07. The molecule has 3 aromatic rings. The maximum Gasteiger partial charge on any atom is 0.165 e. The number of hydrogen-bond acceptors (Lipinski definition) is 5. The van der Waals surface area contributed by atoms with E-state index in [0.717, 1.165) is 53.6 Å². The van der Waals surface area contributed by atoms with E-state index in [1.165, 1.54) is 5.56 Å². The summed E-state index contributed by atoms with van der Waals surface area (Å²) in [5.74, 6) is 2.48. The molecule has 0 amide bonds. The molecule has 0 saturated heterocycles. The van der Waals surface area contributed by atoms with Gasteiger partial charge in [-0.2, -0.15) is 11.3 Å². The number of fused-ring (bicyclic) bond motifs is 1. The van der Waals surface area contributed by atoms with E-state index < -0.39 is 0 Å². The molecule has 0 fully saturated rings. The molecule has 1 aliphatic rings. The zero-order valence-corrected chi connectivity index (χ0v) is 16.4. The topological polar surface area (TPSA) is 30.9 Å². The fraction of sp³-hybridized carbons (Fsp3) is 0.273. The third-order valence-electron chi connectivity index (χ3n) is 4.79. The quantitative estimate of drug-likeness (QED) is 0.634. The van der Waals surface area contributed by atoms with Crippen molar-refractivity contribution in [2.45, 2.75) is 13.1 Å². The Kier molecular flexibility index (Phi) is 5.32. The second kappa shape index (κ2) is 8.03. The van der Waals surface area contributed by atoms with Crippen LogP contribution in [0.4, 0.5) is 0 Å². The highest BCUT2D eigenvalue weighted by Gasteiger charge is 2.21. The summed E-state index contributed by atoms with van der Waals surface area (Å²) in [6.07, 6.45) is 0. The first-order valence-electron chi connectivity index (χ1n) is 8.98. The van der Waals surface area contributed by atoms with Gasteiger partial charge in [0.15, 0.2) is 11.5 Å². The van der Waals surface area contributed by atoms with E-state index >= 15 is 0 Å². The van der Waals surface area contributed by atoms with Crippen LogP contribution in [0.5, 0.6) is 17.2 Å². The average Bonchev–Trinajstić information content (AvgIpc) is 3.12. The van der Waals surface area contributed by atoms with Gasteiger partial charge in [0.25, 0.3) is 0 Å². The van der Waals surface area contributed by atoms with Crippen molar-refractivity contribution in [3.8, 4) is 28.4 Å². The highest BCUT2D eigenvalue weighted by atomic mass is 32.1. The minimum absolute atomic E-state index is 0.659. The summed E-state index contributed by atoms with van der Waals surface area (Å²) in [7, 11) is 3.38. The van der Waals surface area contributed by atoms with Crippen molar-refractivity contribution in [3.63, 3.8) is 0 Å². The van der Waals surface area contributed by atoms with Gasteiger partial charge in [0.2, 0.25) is 0 Å². The van der Waals surface area contributed by atoms with E-state index in [4.69, 9.17) is 14.2 Å². The molecule has 0 N–H and O–H groups in total. The zero-order chi connectivity index (χ0) is 18.6. The molecule has 0 atom stereocenters. The van der Waals surface area contributed by atoms with Crippen LogP contribution < -0.4 is 14.2 Å².